The van der Waals surface area contributed by atoms with Gasteiger partial charge in [0.25, 0.3) is 0 Å². The largest absolute Gasteiger partial charge is 0.488 e. The summed E-state index contributed by atoms with van der Waals surface area (Å²) in [4.78, 5) is 0. The lowest BCUT2D eigenvalue weighted by Gasteiger charge is -2.14. The minimum absolute atomic E-state index is 0.0441. The molecule has 0 spiro atoms. The Hall–Kier alpha value is -1.18. The van der Waals surface area contributed by atoms with Crippen LogP contribution in [0.25, 0.3) is 11.1 Å². The van der Waals surface area contributed by atoms with Crippen LogP contribution in [0.2, 0.25) is 10.0 Å². The van der Waals surface area contributed by atoms with Gasteiger partial charge < -0.3 is 4.74 Å². The van der Waals surface area contributed by atoms with E-state index in [0.29, 0.717) is 15.8 Å². The first kappa shape index (κ1) is 13.3. The van der Waals surface area contributed by atoms with E-state index in [-0.39, 0.29) is 6.10 Å². The third-order valence-corrected chi connectivity index (χ3v) is 3.02. The van der Waals surface area contributed by atoms with Gasteiger partial charge in [0.2, 0.25) is 0 Å². The van der Waals surface area contributed by atoms with E-state index in [2.05, 4.69) is 0 Å². The van der Waals surface area contributed by atoms with Crippen LogP contribution in [0, 0.1) is 0 Å². The van der Waals surface area contributed by atoms with Gasteiger partial charge in [-0.15, -0.1) is 0 Å². The zero-order valence-electron chi connectivity index (χ0n) is 10.3. The lowest BCUT2D eigenvalue weighted by atomic mass is 10.1. The molecule has 0 N–H and O–H groups in total. The van der Waals surface area contributed by atoms with Gasteiger partial charge in [-0.05, 0) is 37.1 Å². The van der Waals surface area contributed by atoms with E-state index in [4.69, 9.17) is 27.9 Å². The Labute approximate surface area is 117 Å². The van der Waals surface area contributed by atoms with Crippen molar-refractivity contribution in [2.24, 2.45) is 0 Å². The van der Waals surface area contributed by atoms with Gasteiger partial charge in [0.1, 0.15) is 0 Å². The van der Waals surface area contributed by atoms with Crippen LogP contribution in [0.5, 0.6) is 5.75 Å². The lowest BCUT2D eigenvalue weighted by Crippen LogP contribution is -2.06. The third kappa shape index (κ3) is 2.98. The molecule has 0 unspecified atom stereocenters. The first-order valence-electron chi connectivity index (χ1n) is 5.79. The van der Waals surface area contributed by atoms with Gasteiger partial charge in [0.15, 0.2) is 5.75 Å². The minimum atomic E-state index is 0.0441. The summed E-state index contributed by atoms with van der Waals surface area (Å²) in [5, 5.41) is 1.07. The fourth-order valence-corrected chi connectivity index (χ4v) is 2.28. The topological polar surface area (TPSA) is 9.23 Å². The first-order chi connectivity index (χ1) is 8.58. The minimum Gasteiger partial charge on any atom is -0.488 e. The highest BCUT2D eigenvalue weighted by Gasteiger charge is 2.11. The van der Waals surface area contributed by atoms with Gasteiger partial charge in [-0.25, -0.2) is 0 Å². The molecule has 94 valence electrons. The summed E-state index contributed by atoms with van der Waals surface area (Å²) in [5.74, 6) is 0.549. The molecule has 3 heteroatoms. The number of rotatable bonds is 3. The monoisotopic (exact) mass is 280 g/mol. The maximum absolute atomic E-state index is 6.22. The molecule has 0 amide bonds. The van der Waals surface area contributed by atoms with E-state index in [9.17, 15) is 0 Å². The molecule has 2 aromatic rings. The molecule has 1 nitrogen and oxygen atoms in total. The number of hydrogen-bond donors (Lipinski definition) is 0. The van der Waals surface area contributed by atoms with Crippen LogP contribution in [0.1, 0.15) is 13.8 Å². The predicted octanol–water partition coefficient (Wildman–Crippen LogP) is 5.45. The van der Waals surface area contributed by atoms with Gasteiger partial charge in [0.05, 0.1) is 16.1 Å². The molecule has 0 radical (unpaired) electrons. The molecule has 0 fully saturated rings. The highest BCUT2D eigenvalue weighted by molar-refractivity contribution is 6.37. The quantitative estimate of drug-likeness (QED) is 0.727. The summed E-state index contributed by atoms with van der Waals surface area (Å²) in [6, 6.07) is 13.7. The molecule has 0 aliphatic rings. The van der Waals surface area contributed by atoms with Crippen LogP contribution in [-0.2, 0) is 0 Å². The van der Waals surface area contributed by atoms with Crippen LogP contribution in [0.15, 0.2) is 42.5 Å². The molecule has 0 heterocycles. The third-order valence-electron chi connectivity index (χ3n) is 2.46. The van der Waals surface area contributed by atoms with Gasteiger partial charge in [-0.3, -0.25) is 0 Å². The molecule has 0 aliphatic carbocycles. The van der Waals surface area contributed by atoms with Crippen LogP contribution >= 0.6 is 23.2 Å². The van der Waals surface area contributed by atoms with Crippen LogP contribution in [0.3, 0.4) is 0 Å². The fourth-order valence-electron chi connectivity index (χ4n) is 1.71. The lowest BCUT2D eigenvalue weighted by molar-refractivity contribution is 0.243. The summed E-state index contributed by atoms with van der Waals surface area (Å²) in [7, 11) is 0. The summed E-state index contributed by atoms with van der Waals surface area (Å²) in [6.45, 7) is 3.88. The Morgan fingerprint density at radius 2 is 1.44 bits per heavy atom. The van der Waals surface area contributed by atoms with E-state index >= 15 is 0 Å². The number of ether oxygens (including phenoxy) is 1. The van der Waals surface area contributed by atoms with Gasteiger partial charge in [-0.2, -0.15) is 0 Å². The number of hydrogen-bond acceptors (Lipinski definition) is 1. The average Bonchev–Trinajstić information content (AvgIpc) is 2.34. The normalized spacial score (nSPS) is 10.7. The van der Waals surface area contributed by atoms with E-state index in [1.807, 2.05) is 56.3 Å². The smallest absolute Gasteiger partial charge is 0.156 e. The Morgan fingerprint density at radius 3 is 1.94 bits per heavy atom. The Kier molecular flexibility index (Phi) is 4.15. The number of benzene rings is 2. The molecule has 0 aromatic heterocycles. The first-order valence-corrected chi connectivity index (χ1v) is 6.54. The fraction of sp³-hybridized carbons (Fsp3) is 0.200. The second kappa shape index (κ2) is 5.64. The predicted molar refractivity (Wildman–Crippen MR) is 77.7 cm³/mol. The molecule has 18 heavy (non-hydrogen) atoms. The summed E-state index contributed by atoms with van der Waals surface area (Å²) in [5.41, 5.74) is 2.07. The van der Waals surface area contributed by atoms with E-state index in [0.717, 1.165) is 11.1 Å². The highest BCUT2D eigenvalue weighted by atomic mass is 35.5. The van der Waals surface area contributed by atoms with Crippen LogP contribution < -0.4 is 4.74 Å². The van der Waals surface area contributed by atoms with Crippen molar-refractivity contribution in [2.45, 2.75) is 20.0 Å². The summed E-state index contributed by atoms with van der Waals surface area (Å²) >= 11 is 12.4. The van der Waals surface area contributed by atoms with Crippen molar-refractivity contribution in [3.8, 4) is 16.9 Å². The highest BCUT2D eigenvalue weighted by Crippen LogP contribution is 2.37. The second-order valence-electron chi connectivity index (χ2n) is 4.30. The van der Waals surface area contributed by atoms with Crippen molar-refractivity contribution < 1.29 is 4.74 Å². The standard InChI is InChI=1S/C15H14Cl2O/c1-10(2)18-15-13(16)8-12(9-14(15)17)11-6-4-3-5-7-11/h3-10H,1-2H3. The molecule has 0 atom stereocenters. The maximum Gasteiger partial charge on any atom is 0.156 e. The zero-order chi connectivity index (χ0) is 13.1. The van der Waals surface area contributed by atoms with Crippen LogP contribution in [0.4, 0.5) is 0 Å². The van der Waals surface area contributed by atoms with Crippen molar-refractivity contribution in [2.75, 3.05) is 0 Å². The number of halogens is 2. The zero-order valence-corrected chi connectivity index (χ0v) is 11.8. The molecule has 2 aromatic carbocycles. The van der Waals surface area contributed by atoms with E-state index < -0.39 is 0 Å². The summed E-state index contributed by atoms with van der Waals surface area (Å²) < 4.78 is 5.60. The van der Waals surface area contributed by atoms with E-state index in [1.165, 1.54) is 0 Å². The Morgan fingerprint density at radius 1 is 0.889 bits per heavy atom. The van der Waals surface area contributed by atoms with Crippen molar-refractivity contribution in [3.63, 3.8) is 0 Å². The van der Waals surface area contributed by atoms with Gasteiger partial charge >= 0.3 is 0 Å². The molecule has 0 bridgehead atoms. The van der Waals surface area contributed by atoms with Crippen molar-refractivity contribution in [1.82, 2.24) is 0 Å². The second-order valence-corrected chi connectivity index (χ2v) is 5.12. The molecular formula is C15H14Cl2O. The Bertz CT molecular complexity index is 512. The maximum atomic E-state index is 6.22. The van der Waals surface area contributed by atoms with Crippen molar-refractivity contribution in [1.29, 1.82) is 0 Å². The molecule has 0 aliphatic heterocycles. The molecule has 0 saturated carbocycles. The van der Waals surface area contributed by atoms with Crippen LogP contribution in [-0.4, -0.2) is 6.10 Å². The summed E-state index contributed by atoms with van der Waals surface area (Å²) in [6.07, 6.45) is 0.0441. The molecule has 0 saturated heterocycles. The SMILES string of the molecule is CC(C)Oc1c(Cl)cc(-c2ccccc2)cc1Cl. The van der Waals surface area contributed by atoms with Gasteiger partial charge in [-0.1, -0.05) is 53.5 Å². The Balaban J connectivity index is 2.43. The van der Waals surface area contributed by atoms with E-state index in [1.54, 1.807) is 0 Å². The van der Waals surface area contributed by atoms with Crippen molar-refractivity contribution in [3.05, 3.63) is 52.5 Å². The molecular weight excluding hydrogens is 267 g/mol. The van der Waals surface area contributed by atoms with Gasteiger partial charge in [0, 0.05) is 0 Å². The average molecular weight is 281 g/mol. The molecule has 2 rings (SSSR count). The van der Waals surface area contributed by atoms with Crippen molar-refractivity contribution >= 4 is 23.2 Å².